The highest BCUT2D eigenvalue weighted by molar-refractivity contribution is 8.17. The zero-order valence-electron chi connectivity index (χ0n) is 17.9. The lowest BCUT2D eigenvalue weighted by Crippen LogP contribution is -2.26. The number of allylic oxidation sites excluding steroid dienone is 2. The highest BCUT2D eigenvalue weighted by atomic mass is 32.2. The van der Waals surface area contributed by atoms with Gasteiger partial charge in [-0.1, -0.05) is 30.3 Å². The number of aromatic nitrogens is 2. The van der Waals surface area contributed by atoms with Gasteiger partial charge >= 0.3 is 0 Å². The summed E-state index contributed by atoms with van der Waals surface area (Å²) >= 11 is 3.97. The topological polar surface area (TPSA) is 70.9 Å². The van der Waals surface area contributed by atoms with Crippen molar-refractivity contribution in [3.05, 3.63) is 47.3 Å². The molecule has 2 aromatic heterocycles. The highest BCUT2D eigenvalue weighted by Gasteiger charge is 2.39. The Morgan fingerprint density at radius 1 is 1.32 bits per heavy atom. The molecule has 2 N–H and O–H groups in total. The summed E-state index contributed by atoms with van der Waals surface area (Å²) in [5.74, 6) is 0.469. The minimum Gasteiger partial charge on any atom is -0.380 e. The van der Waals surface area contributed by atoms with Gasteiger partial charge in [0.1, 0.15) is 5.03 Å². The molecule has 0 radical (unpaired) electrons. The Balaban J connectivity index is 1.56. The van der Waals surface area contributed by atoms with Crippen LogP contribution in [0.2, 0.25) is 0 Å². The van der Waals surface area contributed by atoms with E-state index in [1.54, 1.807) is 0 Å². The SMILES string of the molecule is C/C=C(\C=N)c1cc(-c2ccc(C3COC3)cn2)c2c(n1)SC(SC1CCC1)C2NC. The van der Waals surface area contributed by atoms with E-state index in [9.17, 15) is 0 Å². The fraction of sp³-hybridized carbons (Fsp3) is 0.458. The molecule has 5 rings (SSSR count). The Morgan fingerprint density at radius 3 is 2.71 bits per heavy atom. The second-order valence-corrected chi connectivity index (χ2v) is 11.2. The molecule has 2 aromatic rings. The fourth-order valence-corrected chi connectivity index (χ4v) is 7.74. The quantitative estimate of drug-likeness (QED) is 0.557. The van der Waals surface area contributed by atoms with E-state index in [4.69, 9.17) is 20.1 Å². The standard InChI is InChI=1S/C24H28N4OS2/c1-3-14(10-25)20-9-18(19-8-7-15(11-27-19)16-12-29-13-16)21-22(26-2)24(31-23(21)28-20)30-17-5-4-6-17/h3,7-11,16-17,22,24-26H,4-6,12-13H2,1-2H3/b14-3+,25-10?. The molecule has 2 aliphatic heterocycles. The molecule has 2 atom stereocenters. The number of hydrogen-bond donors (Lipinski definition) is 2. The van der Waals surface area contributed by atoms with Crippen molar-refractivity contribution in [3.63, 3.8) is 0 Å². The molecular formula is C24H28N4OS2. The molecule has 31 heavy (non-hydrogen) atoms. The number of ether oxygens (including phenoxy) is 1. The zero-order valence-corrected chi connectivity index (χ0v) is 19.6. The van der Waals surface area contributed by atoms with Crippen LogP contribution in [0.15, 0.2) is 35.5 Å². The van der Waals surface area contributed by atoms with Crippen LogP contribution in [0.5, 0.6) is 0 Å². The van der Waals surface area contributed by atoms with E-state index in [1.807, 2.05) is 31.0 Å². The van der Waals surface area contributed by atoms with E-state index in [2.05, 4.69) is 42.3 Å². The van der Waals surface area contributed by atoms with Crippen LogP contribution in [-0.2, 0) is 4.74 Å². The van der Waals surface area contributed by atoms with E-state index in [0.717, 1.165) is 46.0 Å². The Labute approximate surface area is 192 Å². The van der Waals surface area contributed by atoms with Crippen LogP contribution in [0.25, 0.3) is 16.8 Å². The molecule has 5 nitrogen and oxygen atoms in total. The minimum absolute atomic E-state index is 0.234. The second kappa shape index (κ2) is 9.06. The smallest absolute Gasteiger partial charge is 0.103 e. The number of rotatable bonds is 7. The summed E-state index contributed by atoms with van der Waals surface area (Å²) in [6, 6.07) is 6.68. The van der Waals surface area contributed by atoms with Crippen molar-refractivity contribution < 1.29 is 4.74 Å². The first-order chi connectivity index (χ1) is 15.2. The molecule has 1 aliphatic carbocycles. The first-order valence-corrected chi connectivity index (χ1v) is 12.8. The largest absolute Gasteiger partial charge is 0.380 e. The molecule has 1 saturated heterocycles. The van der Waals surface area contributed by atoms with Crippen molar-refractivity contribution in [3.8, 4) is 11.3 Å². The van der Waals surface area contributed by atoms with Crippen LogP contribution < -0.4 is 5.32 Å². The summed E-state index contributed by atoms with van der Waals surface area (Å²) in [4.78, 5) is 9.85. The predicted octanol–water partition coefficient (Wildman–Crippen LogP) is 5.29. The third-order valence-electron chi connectivity index (χ3n) is 6.46. The maximum absolute atomic E-state index is 7.83. The van der Waals surface area contributed by atoms with E-state index < -0.39 is 0 Å². The lowest BCUT2D eigenvalue weighted by atomic mass is 9.96. The fourth-order valence-electron chi connectivity index (χ4n) is 4.22. The monoisotopic (exact) mass is 452 g/mol. The Morgan fingerprint density at radius 2 is 2.16 bits per heavy atom. The molecule has 2 fully saturated rings. The average Bonchev–Trinajstić information content (AvgIpc) is 3.07. The van der Waals surface area contributed by atoms with Crippen LogP contribution in [0.3, 0.4) is 0 Å². The highest BCUT2D eigenvalue weighted by Crippen LogP contribution is 2.54. The summed E-state index contributed by atoms with van der Waals surface area (Å²) in [7, 11) is 2.05. The van der Waals surface area contributed by atoms with E-state index in [0.29, 0.717) is 10.5 Å². The Bertz CT molecular complexity index is 999. The van der Waals surface area contributed by atoms with Crippen molar-refractivity contribution in [2.45, 2.75) is 53.0 Å². The minimum atomic E-state index is 0.234. The Kier molecular flexibility index (Phi) is 6.19. The van der Waals surface area contributed by atoms with Crippen molar-refractivity contribution >= 4 is 35.3 Å². The molecule has 3 aliphatic rings. The number of hydrogen-bond acceptors (Lipinski definition) is 7. The average molecular weight is 453 g/mol. The molecule has 0 aromatic carbocycles. The third-order valence-corrected chi connectivity index (χ3v) is 9.52. The van der Waals surface area contributed by atoms with Crippen LogP contribution in [-0.4, -0.2) is 46.3 Å². The van der Waals surface area contributed by atoms with E-state index in [1.165, 1.54) is 36.6 Å². The summed E-state index contributed by atoms with van der Waals surface area (Å²) < 4.78 is 5.75. The van der Waals surface area contributed by atoms with E-state index in [-0.39, 0.29) is 6.04 Å². The van der Waals surface area contributed by atoms with Gasteiger partial charge in [-0.05, 0) is 44.5 Å². The maximum Gasteiger partial charge on any atom is 0.103 e. The van der Waals surface area contributed by atoms with Crippen molar-refractivity contribution in [1.29, 1.82) is 5.41 Å². The van der Waals surface area contributed by atoms with Gasteiger partial charge in [0.2, 0.25) is 0 Å². The van der Waals surface area contributed by atoms with Gasteiger partial charge in [-0.15, -0.1) is 11.8 Å². The number of pyridine rings is 2. The van der Waals surface area contributed by atoms with Crippen LogP contribution in [0.4, 0.5) is 0 Å². The summed E-state index contributed by atoms with van der Waals surface area (Å²) in [6.07, 6.45) is 9.34. The lowest BCUT2D eigenvalue weighted by molar-refractivity contribution is 0.00830. The van der Waals surface area contributed by atoms with Gasteiger partial charge in [0, 0.05) is 40.3 Å². The summed E-state index contributed by atoms with van der Waals surface area (Å²) in [5, 5.41) is 13.2. The number of nitrogens with zero attached hydrogens (tertiary/aromatic N) is 2. The second-order valence-electron chi connectivity index (χ2n) is 8.31. The first-order valence-electron chi connectivity index (χ1n) is 11.0. The van der Waals surface area contributed by atoms with Gasteiger partial charge in [0.15, 0.2) is 0 Å². The molecular weight excluding hydrogens is 424 g/mol. The van der Waals surface area contributed by atoms with Gasteiger partial charge in [-0.3, -0.25) is 4.98 Å². The number of nitrogens with one attached hydrogen (secondary N) is 2. The van der Waals surface area contributed by atoms with Gasteiger partial charge in [0.05, 0.1) is 35.2 Å². The van der Waals surface area contributed by atoms with Crippen LogP contribution in [0, 0.1) is 5.41 Å². The molecule has 2 unspecified atom stereocenters. The van der Waals surface area contributed by atoms with Gasteiger partial charge < -0.3 is 15.5 Å². The lowest BCUT2D eigenvalue weighted by Gasteiger charge is -2.29. The zero-order chi connectivity index (χ0) is 21.4. The molecule has 0 bridgehead atoms. The molecule has 0 spiro atoms. The summed E-state index contributed by atoms with van der Waals surface area (Å²) in [6.45, 7) is 3.54. The summed E-state index contributed by atoms with van der Waals surface area (Å²) in [5.41, 5.74) is 6.28. The van der Waals surface area contributed by atoms with Gasteiger partial charge in [-0.2, -0.15) is 0 Å². The van der Waals surface area contributed by atoms with Crippen molar-refractivity contribution in [1.82, 2.24) is 15.3 Å². The third kappa shape index (κ3) is 3.97. The van der Waals surface area contributed by atoms with Crippen LogP contribution in [0.1, 0.15) is 55.0 Å². The molecule has 162 valence electrons. The van der Waals surface area contributed by atoms with Crippen molar-refractivity contribution in [2.75, 3.05) is 20.3 Å². The first kappa shape index (κ1) is 21.2. The normalized spacial score (nSPS) is 23.9. The molecule has 1 saturated carbocycles. The molecule has 7 heteroatoms. The molecule has 0 amide bonds. The van der Waals surface area contributed by atoms with Crippen LogP contribution >= 0.6 is 23.5 Å². The van der Waals surface area contributed by atoms with E-state index >= 15 is 0 Å². The number of thioether (sulfide) groups is 2. The molecule has 4 heterocycles. The Hall–Kier alpha value is -1.67. The predicted molar refractivity (Wildman–Crippen MR) is 130 cm³/mol. The van der Waals surface area contributed by atoms with Gasteiger partial charge in [0.25, 0.3) is 0 Å². The number of fused-ring (bicyclic) bond motifs is 1. The van der Waals surface area contributed by atoms with Crippen molar-refractivity contribution in [2.24, 2.45) is 0 Å². The van der Waals surface area contributed by atoms with Gasteiger partial charge in [-0.25, -0.2) is 4.98 Å². The maximum atomic E-state index is 7.83.